The highest BCUT2D eigenvalue weighted by Crippen LogP contribution is 2.09. The number of rotatable bonds is 3. The van der Waals surface area contributed by atoms with Crippen LogP contribution in [0.4, 0.5) is 0 Å². The van der Waals surface area contributed by atoms with Gasteiger partial charge >= 0.3 is 5.97 Å². The van der Waals surface area contributed by atoms with E-state index in [1.165, 1.54) is 6.07 Å². The van der Waals surface area contributed by atoms with E-state index >= 15 is 0 Å². The Balaban J connectivity index is 0.00000112. The molecule has 15 heavy (non-hydrogen) atoms. The molecule has 0 atom stereocenters. The van der Waals surface area contributed by atoms with E-state index in [9.17, 15) is 4.79 Å². The predicted molar refractivity (Wildman–Crippen MR) is 54.2 cm³/mol. The van der Waals surface area contributed by atoms with E-state index in [1.54, 1.807) is 29.4 Å². The van der Waals surface area contributed by atoms with Crippen LogP contribution in [0.25, 0.3) is 0 Å². The maximum atomic E-state index is 10.5. The van der Waals surface area contributed by atoms with Crippen LogP contribution in [0.2, 0.25) is 0 Å². The van der Waals surface area contributed by atoms with Crippen LogP contribution in [0.5, 0.6) is 0 Å². The van der Waals surface area contributed by atoms with Crippen LogP contribution in [0.15, 0.2) is 35.3 Å². The lowest BCUT2D eigenvalue weighted by molar-refractivity contribution is 0.0660. The number of imidazole rings is 1. The number of hydrogen-bond acceptors (Lipinski definition) is 3. The average molecular weight is 229 g/mol. The van der Waals surface area contributed by atoms with Crippen molar-refractivity contribution in [1.29, 1.82) is 0 Å². The molecule has 0 aliphatic heterocycles. The third-order valence-electron chi connectivity index (χ3n) is 1.77. The number of aromatic carboxylic acids is 1. The van der Waals surface area contributed by atoms with Crippen molar-refractivity contribution in [1.82, 2.24) is 9.55 Å². The Morgan fingerprint density at radius 2 is 2.33 bits per heavy atom. The van der Waals surface area contributed by atoms with E-state index in [0.29, 0.717) is 12.3 Å². The van der Waals surface area contributed by atoms with E-state index < -0.39 is 5.97 Å². The summed E-state index contributed by atoms with van der Waals surface area (Å²) in [5.74, 6) is -0.498. The third kappa shape index (κ3) is 2.60. The van der Waals surface area contributed by atoms with Gasteiger partial charge in [0.25, 0.3) is 0 Å². The lowest BCUT2D eigenvalue weighted by Crippen LogP contribution is -1.95. The fourth-order valence-corrected chi connectivity index (χ4v) is 1.14. The SMILES string of the molecule is Cl.O=C(O)c1ccc(Cn2ccnc2)o1. The fraction of sp³-hybridized carbons (Fsp3) is 0.111. The highest BCUT2D eigenvalue weighted by molar-refractivity contribution is 5.85. The summed E-state index contributed by atoms with van der Waals surface area (Å²) in [5, 5.41) is 8.61. The topological polar surface area (TPSA) is 68.3 Å². The number of nitrogens with zero attached hydrogens (tertiary/aromatic N) is 2. The standard InChI is InChI=1S/C9H8N2O3.ClH/c12-9(13)8-2-1-7(14-8)5-11-4-3-10-6-11;/h1-4,6H,5H2,(H,12,13);1H. The molecule has 0 amide bonds. The highest BCUT2D eigenvalue weighted by Gasteiger charge is 2.08. The molecule has 2 heterocycles. The molecule has 0 bridgehead atoms. The smallest absolute Gasteiger partial charge is 0.371 e. The number of aromatic nitrogens is 2. The molecule has 0 saturated heterocycles. The summed E-state index contributed by atoms with van der Waals surface area (Å²) in [6, 6.07) is 3.08. The molecule has 0 unspecified atom stereocenters. The van der Waals surface area contributed by atoms with E-state index in [-0.39, 0.29) is 18.2 Å². The second-order valence-electron chi connectivity index (χ2n) is 2.81. The normalized spacial score (nSPS) is 9.60. The lowest BCUT2D eigenvalue weighted by atomic mass is 10.4. The van der Waals surface area contributed by atoms with Gasteiger partial charge in [-0.2, -0.15) is 0 Å². The quantitative estimate of drug-likeness (QED) is 0.867. The summed E-state index contributed by atoms with van der Waals surface area (Å²) in [5.41, 5.74) is 0. The van der Waals surface area contributed by atoms with Crippen molar-refractivity contribution in [3.8, 4) is 0 Å². The Hall–Kier alpha value is -1.75. The van der Waals surface area contributed by atoms with Crippen molar-refractivity contribution in [2.45, 2.75) is 6.54 Å². The van der Waals surface area contributed by atoms with E-state index in [0.717, 1.165) is 0 Å². The largest absolute Gasteiger partial charge is 0.475 e. The van der Waals surface area contributed by atoms with Crippen LogP contribution in [0.3, 0.4) is 0 Å². The van der Waals surface area contributed by atoms with Gasteiger partial charge in [0.2, 0.25) is 5.76 Å². The zero-order valence-electron chi connectivity index (χ0n) is 7.66. The van der Waals surface area contributed by atoms with Crippen LogP contribution in [-0.2, 0) is 6.54 Å². The lowest BCUT2D eigenvalue weighted by Gasteiger charge is -1.96. The van der Waals surface area contributed by atoms with Crippen LogP contribution >= 0.6 is 12.4 Å². The van der Waals surface area contributed by atoms with Gasteiger partial charge in [-0.05, 0) is 12.1 Å². The van der Waals surface area contributed by atoms with Crippen molar-refractivity contribution in [3.63, 3.8) is 0 Å². The first kappa shape index (κ1) is 11.3. The number of carboxylic acids is 1. The van der Waals surface area contributed by atoms with Gasteiger partial charge in [0.15, 0.2) is 0 Å². The van der Waals surface area contributed by atoms with Crippen LogP contribution < -0.4 is 0 Å². The van der Waals surface area contributed by atoms with Gasteiger partial charge in [-0.1, -0.05) is 0 Å². The maximum Gasteiger partial charge on any atom is 0.371 e. The van der Waals surface area contributed by atoms with Gasteiger partial charge < -0.3 is 14.1 Å². The van der Waals surface area contributed by atoms with Gasteiger partial charge in [0, 0.05) is 12.4 Å². The molecule has 2 aromatic heterocycles. The second kappa shape index (κ2) is 4.65. The zero-order chi connectivity index (χ0) is 9.97. The van der Waals surface area contributed by atoms with Crippen molar-refractivity contribution in [3.05, 3.63) is 42.4 Å². The Labute approximate surface area is 91.8 Å². The second-order valence-corrected chi connectivity index (χ2v) is 2.81. The molecule has 0 fully saturated rings. The molecule has 80 valence electrons. The summed E-state index contributed by atoms with van der Waals surface area (Å²) in [6.07, 6.45) is 5.08. The molecule has 1 N–H and O–H groups in total. The van der Waals surface area contributed by atoms with Gasteiger partial charge in [0.05, 0.1) is 12.9 Å². The minimum Gasteiger partial charge on any atom is -0.475 e. The van der Waals surface area contributed by atoms with Crippen LogP contribution in [-0.4, -0.2) is 20.6 Å². The molecule has 0 aromatic carbocycles. The number of carboxylic acid groups (broad SMARTS) is 1. The van der Waals surface area contributed by atoms with Crippen molar-refractivity contribution < 1.29 is 14.3 Å². The Bertz CT molecular complexity index is 436. The predicted octanol–water partition coefficient (Wildman–Crippen LogP) is 1.64. The molecular formula is C9H9ClN2O3. The first-order chi connectivity index (χ1) is 6.75. The summed E-state index contributed by atoms with van der Waals surface area (Å²) in [6.45, 7) is 0.493. The van der Waals surface area contributed by atoms with Gasteiger partial charge in [-0.3, -0.25) is 0 Å². The molecule has 0 radical (unpaired) electrons. The summed E-state index contributed by atoms with van der Waals surface area (Å²) >= 11 is 0. The molecule has 2 aromatic rings. The molecule has 2 rings (SSSR count). The number of carbonyl (C=O) groups is 1. The van der Waals surface area contributed by atoms with E-state index in [2.05, 4.69) is 4.98 Å². The zero-order valence-corrected chi connectivity index (χ0v) is 8.48. The molecular weight excluding hydrogens is 220 g/mol. The molecule has 0 saturated carbocycles. The molecule has 0 aliphatic carbocycles. The Kier molecular flexibility index (Phi) is 3.51. The molecule has 6 heteroatoms. The molecule has 0 aliphatic rings. The summed E-state index contributed by atoms with van der Waals surface area (Å²) in [7, 11) is 0. The van der Waals surface area contributed by atoms with Crippen molar-refractivity contribution in [2.24, 2.45) is 0 Å². The molecule has 5 nitrogen and oxygen atoms in total. The van der Waals surface area contributed by atoms with E-state index in [1.807, 2.05) is 0 Å². The fourth-order valence-electron chi connectivity index (χ4n) is 1.14. The van der Waals surface area contributed by atoms with Crippen LogP contribution in [0.1, 0.15) is 16.3 Å². The number of halogens is 1. The first-order valence-electron chi connectivity index (χ1n) is 4.03. The number of hydrogen-bond donors (Lipinski definition) is 1. The van der Waals surface area contributed by atoms with Gasteiger partial charge in [0.1, 0.15) is 5.76 Å². The first-order valence-corrected chi connectivity index (χ1v) is 4.03. The van der Waals surface area contributed by atoms with Gasteiger partial charge in [-0.15, -0.1) is 12.4 Å². The van der Waals surface area contributed by atoms with E-state index in [4.69, 9.17) is 9.52 Å². The minimum atomic E-state index is -1.05. The number of furan rings is 1. The maximum absolute atomic E-state index is 10.5. The Morgan fingerprint density at radius 1 is 1.53 bits per heavy atom. The minimum absolute atomic E-state index is 0. The Morgan fingerprint density at radius 3 is 2.87 bits per heavy atom. The van der Waals surface area contributed by atoms with Gasteiger partial charge in [-0.25, -0.2) is 9.78 Å². The molecule has 0 spiro atoms. The monoisotopic (exact) mass is 228 g/mol. The average Bonchev–Trinajstić information content (AvgIpc) is 2.75. The highest BCUT2D eigenvalue weighted by atomic mass is 35.5. The summed E-state index contributed by atoms with van der Waals surface area (Å²) in [4.78, 5) is 14.4. The third-order valence-corrected chi connectivity index (χ3v) is 1.77. The van der Waals surface area contributed by atoms with Crippen molar-refractivity contribution in [2.75, 3.05) is 0 Å². The van der Waals surface area contributed by atoms with Crippen molar-refractivity contribution >= 4 is 18.4 Å². The van der Waals surface area contributed by atoms with Crippen LogP contribution in [0, 0.1) is 0 Å². The summed E-state index contributed by atoms with van der Waals surface area (Å²) < 4.78 is 6.87.